The van der Waals surface area contributed by atoms with Crippen LogP contribution in [-0.2, 0) is 6.54 Å². The summed E-state index contributed by atoms with van der Waals surface area (Å²) < 4.78 is 2.72. The zero-order valence-corrected chi connectivity index (χ0v) is 14.5. The molecule has 2 aromatic heterocycles. The first-order valence-corrected chi connectivity index (χ1v) is 8.89. The molecule has 2 heterocycles. The van der Waals surface area contributed by atoms with E-state index in [4.69, 9.17) is 5.73 Å². The van der Waals surface area contributed by atoms with Crippen LogP contribution in [0.25, 0.3) is 0 Å². The van der Waals surface area contributed by atoms with E-state index in [1.807, 2.05) is 19.2 Å². The second kappa shape index (κ2) is 6.93. The molecule has 20 heavy (non-hydrogen) atoms. The number of thiophene rings is 1. The lowest BCUT2D eigenvalue weighted by Crippen LogP contribution is -2.23. The van der Waals surface area contributed by atoms with Gasteiger partial charge in [-0.25, -0.2) is 9.89 Å². The molecule has 0 aliphatic heterocycles. The molecule has 2 rings (SSSR count). The highest BCUT2D eigenvalue weighted by Crippen LogP contribution is 2.39. The first kappa shape index (κ1) is 15.8. The minimum absolute atomic E-state index is 0.0348. The van der Waals surface area contributed by atoms with Gasteiger partial charge in [-0.15, -0.1) is 16.4 Å². The fourth-order valence-corrected chi connectivity index (χ4v) is 4.71. The van der Waals surface area contributed by atoms with Gasteiger partial charge in [0.15, 0.2) is 5.16 Å². The Kier molecular flexibility index (Phi) is 5.48. The van der Waals surface area contributed by atoms with Gasteiger partial charge in [-0.05, 0) is 35.3 Å². The van der Waals surface area contributed by atoms with Gasteiger partial charge in [0.2, 0.25) is 0 Å². The minimum atomic E-state index is -0.162. The standard InChI is InChI=1S/C12H17BrN4OS2/c1-3-4-17-11(18)15-16-12(17)20-10(7(2)14)9-5-8(13)6-19-9/h5-7,10H,3-4,14H2,1-2H3,(H,15,18). The van der Waals surface area contributed by atoms with Crippen molar-refractivity contribution in [2.24, 2.45) is 5.73 Å². The third-order valence-corrected chi connectivity index (χ3v) is 6.13. The first-order valence-electron chi connectivity index (χ1n) is 6.34. The molecule has 0 aliphatic rings. The topological polar surface area (TPSA) is 76.7 Å². The quantitative estimate of drug-likeness (QED) is 0.759. The van der Waals surface area contributed by atoms with Crippen molar-refractivity contribution < 1.29 is 0 Å². The molecule has 0 amide bonds. The monoisotopic (exact) mass is 376 g/mol. The Labute approximate surface area is 134 Å². The van der Waals surface area contributed by atoms with E-state index in [1.54, 1.807) is 15.9 Å². The SMILES string of the molecule is CCCn1c(SC(c2cc(Br)cs2)C(C)N)n[nH]c1=O. The number of halogens is 1. The van der Waals surface area contributed by atoms with Crippen LogP contribution in [0, 0.1) is 0 Å². The molecule has 110 valence electrons. The second-order valence-electron chi connectivity index (χ2n) is 4.53. The lowest BCUT2D eigenvalue weighted by molar-refractivity contribution is 0.600. The minimum Gasteiger partial charge on any atom is -0.327 e. The van der Waals surface area contributed by atoms with Gasteiger partial charge < -0.3 is 5.73 Å². The fraction of sp³-hybridized carbons (Fsp3) is 0.500. The van der Waals surface area contributed by atoms with E-state index in [0.29, 0.717) is 11.7 Å². The van der Waals surface area contributed by atoms with Crippen LogP contribution in [0.4, 0.5) is 0 Å². The summed E-state index contributed by atoms with van der Waals surface area (Å²) in [5, 5.41) is 9.44. The zero-order valence-electron chi connectivity index (χ0n) is 11.3. The van der Waals surface area contributed by atoms with Crippen molar-refractivity contribution in [3.05, 3.63) is 31.3 Å². The highest BCUT2D eigenvalue weighted by atomic mass is 79.9. The van der Waals surface area contributed by atoms with Crippen LogP contribution in [0.5, 0.6) is 0 Å². The van der Waals surface area contributed by atoms with Gasteiger partial charge >= 0.3 is 5.69 Å². The number of aromatic amines is 1. The van der Waals surface area contributed by atoms with E-state index in [0.717, 1.165) is 10.9 Å². The number of hydrogen-bond donors (Lipinski definition) is 2. The van der Waals surface area contributed by atoms with Crippen LogP contribution in [0.3, 0.4) is 0 Å². The predicted molar refractivity (Wildman–Crippen MR) is 87.4 cm³/mol. The molecular formula is C12H17BrN4OS2. The summed E-state index contributed by atoms with van der Waals surface area (Å²) in [5.74, 6) is 0. The van der Waals surface area contributed by atoms with Gasteiger partial charge in [-0.3, -0.25) is 4.57 Å². The summed E-state index contributed by atoms with van der Waals surface area (Å²) in [5.41, 5.74) is 5.94. The van der Waals surface area contributed by atoms with E-state index in [-0.39, 0.29) is 17.0 Å². The predicted octanol–water partition coefficient (Wildman–Crippen LogP) is 2.99. The maximum absolute atomic E-state index is 11.7. The number of nitrogens with zero attached hydrogens (tertiary/aromatic N) is 2. The van der Waals surface area contributed by atoms with Crippen molar-refractivity contribution in [1.82, 2.24) is 14.8 Å². The van der Waals surface area contributed by atoms with Crippen LogP contribution in [-0.4, -0.2) is 20.8 Å². The van der Waals surface area contributed by atoms with Gasteiger partial charge in [-0.1, -0.05) is 18.7 Å². The molecule has 2 atom stereocenters. The number of nitrogens with two attached hydrogens (primary N) is 1. The maximum atomic E-state index is 11.7. The molecule has 3 N–H and O–H groups in total. The van der Waals surface area contributed by atoms with Gasteiger partial charge in [-0.2, -0.15) is 0 Å². The Bertz CT molecular complexity index is 619. The fourth-order valence-electron chi connectivity index (χ4n) is 1.83. The Morgan fingerprint density at radius 1 is 1.65 bits per heavy atom. The number of nitrogens with one attached hydrogen (secondary N) is 1. The molecule has 0 spiro atoms. The normalized spacial score (nSPS) is 14.4. The second-order valence-corrected chi connectivity index (χ2v) is 7.50. The molecule has 0 saturated carbocycles. The lowest BCUT2D eigenvalue weighted by Gasteiger charge is -2.18. The molecule has 0 fully saturated rings. The molecule has 0 aliphatic carbocycles. The smallest absolute Gasteiger partial charge is 0.327 e. The van der Waals surface area contributed by atoms with Crippen molar-refractivity contribution in [1.29, 1.82) is 0 Å². The van der Waals surface area contributed by atoms with E-state index >= 15 is 0 Å². The van der Waals surface area contributed by atoms with Gasteiger partial charge in [0.1, 0.15) is 0 Å². The Balaban J connectivity index is 2.27. The largest absolute Gasteiger partial charge is 0.343 e. The van der Waals surface area contributed by atoms with Gasteiger partial charge in [0.25, 0.3) is 0 Å². The van der Waals surface area contributed by atoms with E-state index < -0.39 is 0 Å². The highest BCUT2D eigenvalue weighted by Gasteiger charge is 2.22. The molecule has 0 bridgehead atoms. The number of rotatable bonds is 6. The number of H-pyrrole nitrogens is 1. The summed E-state index contributed by atoms with van der Waals surface area (Å²) in [7, 11) is 0. The summed E-state index contributed by atoms with van der Waals surface area (Å²) in [6, 6.07) is 2.04. The molecular weight excluding hydrogens is 360 g/mol. The highest BCUT2D eigenvalue weighted by molar-refractivity contribution is 9.10. The third kappa shape index (κ3) is 3.55. The number of thioether (sulfide) groups is 1. The van der Waals surface area contributed by atoms with Gasteiger partial charge in [0.05, 0.1) is 5.25 Å². The third-order valence-electron chi connectivity index (χ3n) is 2.75. The molecule has 0 radical (unpaired) electrons. The Morgan fingerprint density at radius 3 is 2.95 bits per heavy atom. The van der Waals surface area contributed by atoms with E-state index in [2.05, 4.69) is 32.2 Å². The number of aromatic nitrogens is 3. The molecule has 5 nitrogen and oxygen atoms in total. The van der Waals surface area contributed by atoms with Crippen LogP contribution < -0.4 is 11.4 Å². The van der Waals surface area contributed by atoms with Crippen molar-refractivity contribution in [3.63, 3.8) is 0 Å². The zero-order chi connectivity index (χ0) is 14.7. The van der Waals surface area contributed by atoms with E-state index in [1.165, 1.54) is 16.6 Å². The van der Waals surface area contributed by atoms with Crippen LogP contribution in [0.1, 0.15) is 30.4 Å². The maximum Gasteiger partial charge on any atom is 0.343 e. The molecule has 0 saturated heterocycles. The first-order chi connectivity index (χ1) is 9.52. The lowest BCUT2D eigenvalue weighted by atomic mass is 10.2. The molecule has 0 aromatic carbocycles. The van der Waals surface area contributed by atoms with Crippen molar-refractivity contribution in [2.45, 2.75) is 43.3 Å². The van der Waals surface area contributed by atoms with Crippen molar-refractivity contribution >= 4 is 39.0 Å². The summed E-state index contributed by atoms with van der Waals surface area (Å²) in [4.78, 5) is 12.9. The van der Waals surface area contributed by atoms with Gasteiger partial charge in [0, 0.05) is 27.3 Å². The summed E-state index contributed by atoms with van der Waals surface area (Å²) >= 11 is 6.66. The Morgan fingerprint density at radius 2 is 2.40 bits per heavy atom. The molecule has 8 heteroatoms. The van der Waals surface area contributed by atoms with Crippen molar-refractivity contribution in [3.8, 4) is 0 Å². The molecule has 2 unspecified atom stereocenters. The Hall–Kier alpha value is -0.570. The average Bonchev–Trinajstić information content (AvgIpc) is 2.95. The van der Waals surface area contributed by atoms with Crippen LogP contribution in [0.15, 0.2) is 25.9 Å². The molecule has 2 aromatic rings. The number of hydrogen-bond acceptors (Lipinski definition) is 5. The van der Waals surface area contributed by atoms with Crippen LogP contribution in [0.2, 0.25) is 0 Å². The van der Waals surface area contributed by atoms with Crippen molar-refractivity contribution in [2.75, 3.05) is 0 Å². The average molecular weight is 377 g/mol. The summed E-state index contributed by atoms with van der Waals surface area (Å²) in [6.45, 7) is 4.67. The van der Waals surface area contributed by atoms with Crippen LogP contribution >= 0.6 is 39.0 Å². The van der Waals surface area contributed by atoms with E-state index in [9.17, 15) is 4.79 Å². The summed E-state index contributed by atoms with van der Waals surface area (Å²) in [6.07, 6.45) is 0.889.